The maximum atomic E-state index is 5.27. The number of methoxy groups -OCH3 is 1. The zero-order chi connectivity index (χ0) is 9.10. The monoisotopic (exact) mass is 178 g/mol. The Morgan fingerprint density at radius 2 is 2.23 bits per heavy atom. The van der Waals surface area contributed by atoms with Crippen LogP contribution in [-0.4, -0.2) is 13.9 Å². The van der Waals surface area contributed by atoms with Gasteiger partial charge in [0.1, 0.15) is 11.3 Å². The van der Waals surface area contributed by atoms with Crippen molar-refractivity contribution in [2.45, 2.75) is 0 Å². The summed E-state index contributed by atoms with van der Waals surface area (Å²) in [7, 11) is 1.59. The van der Waals surface area contributed by atoms with E-state index in [9.17, 15) is 0 Å². The van der Waals surface area contributed by atoms with Gasteiger partial charge in [-0.3, -0.25) is 0 Å². The van der Waals surface area contributed by atoms with Crippen molar-refractivity contribution in [3.8, 4) is 5.75 Å². The van der Waals surface area contributed by atoms with Crippen molar-refractivity contribution >= 4 is 11.0 Å². The third-order valence-corrected chi connectivity index (χ3v) is 1.77. The second-order valence-corrected chi connectivity index (χ2v) is 2.67. The third kappa shape index (κ3) is 1.65. The van der Waals surface area contributed by atoms with Crippen LogP contribution in [0.2, 0.25) is 0 Å². The van der Waals surface area contributed by atoms with Gasteiger partial charge in [-0.05, 0) is 24.3 Å². The number of furan rings is 1. The van der Waals surface area contributed by atoms with E-state index in [-0.39, 0.29) is 6.79 Å². The summed E-state index contributed by atoms with van der Waals surface area (Å²) in [5, 5.41) is 1.04. The van der Waals surface area contributed by atoms with E-state index in [2.05, 4.69) is 0 Å². The first kappa shape index (κ1) is 8.13. The lowest BCUT2D eigenvalue weighted by molar-refractivity contribution is 0.0512. The summed E-state index contributed by atoms with van der Waals surface area (Å²) >= 11 is 0. The highest BCUT2D eigenvalue weighted by molar-refractivity contribution is 5.78. The van der Waals surface area contributed by atoms with Gasteiger partial charge in [-0.1, -0.05) is 0 Å². The van der Waals surface area contributed by atoms with Crippen LogP contribution in [0.15, 0.2) is 34.9 Å². The van der Waals surface area contributed by atoms with Gasteiger partial charge in [0, 0.05) is 12.5 Å². The lowest BCUT2D eigenvalue weighted by Crippen LogP contribution is -1.98. The Hall–Kier alpha value is -1.48. The minimum absolute atomic E-state index is 0.267. The number of benzene rings is 1. The summed E-state index contributed by atoms with van der Waals surface area (Å²) in [5.74, 6) is 0.788. The molecule has 0 N–H and O–H groups in total. The van der Waals surface area contributed by atoms with Crippen molar-refractivity contribution in [1.29, 1.82) is 0 Å². The van der Waals surface area contributed by atoms with Crippen LogP contribution in [0, 0.1) is 0 Å². The quantitative estimate of drug-likeness (QED) is 0.676. The standard InChI is InChI=1S/C10H10O3/c1-11-7-13-9-2-3-10-8(6-9)4-5-12-10/h2-6H,7H2,1H3. The molecule has 2 rings (SSSR count). The molecule has 0 spiro atoms. The van der Waals surface area contributed by atoms with Crippen molar-refractivity contribution in [2.24, 2.45) is 0 Å². The second-order valence-electron chi connectivity index (χ2n) is 2.67. The van der Waals surface area contributed by atoms with Crippen LogP contribution in [0.3, 0.4) is 0 Å². The normalized spacial score (nSPS) is 10.5. The Kier molecular flexibility index (Phi) is 2.19. The molecule has 13 heavy (non-hydrogen) atoms. The van der Waals surface area contributed by atoms with Crippen molar-refractivity contribution in [3.05, 3.63) is 30.5 Å². The highest BCUT2D eigenvalue weighted by Gasteiger charge is 1.98. The molecule has 0 saturated carbocycles. The molecule has 0 aliphatic carbocycles. The van der Waals surface area contributed by atoms with E-state index in [1.165, 1.54) is 0 Å². The lowest BCUT2D eigenvalue weighted by atomic mass is 10.2. The van der Waals surface area contributed by atoms with Crippen LogP contribution >= 0.6 is 0 Å². The summed E-state index contributed by atoms with van der Waals surface area (Å²) in [6, 6.07) is 7.54. The number of rotatable bonds is 3. The smallest absolute Gasteiger partial charge is 0.188 e. The Morgan fingerprint density at radius 3 is 3.08 bits per heavy atom. The zero-order valence-electron chi connectivity index (χ0n) is 7.32. The van der Waals surface area contributed by atoms with Crippen molar-refractivity contribution in [3.63, 3.8) is 0 Å². The molecule has 0 amide bonds. The van der Waals surface area contributed by atoms with Crippen molar-refractivity contribution in [2.75, 3.05) is 13.9 Å². The van der Waals surface area contributed by atoms with Gasteiger partial charge < -0.3 is 13.9 Å². The minimum Gasteiger partial charge on any atom is -0.468 e. The number of fused-ring (bicyclic) bond motifs is 1. The molecule has 3 heteroatoms. The van der Waals surface area contributed by atoms with E-state index >= 15 is 0 Å². The van der Waals surface area contributed by atoms with Gasteiger partial charge >= 0.3 is 0 Å². The Morgan fingerprint density at radius 1 is 1.31 bits per heavy atom. The Balaban J connectivity index is 2.26. The SMILES string of the molecule is COCOc1ccc2occc2c1. The number of hydrogen-bond acceptors (Lipinski definition) is 3. The molecule has 68 valence electrons. The summed E-state index contributed by atoms with van der Waals surface area (Å²) in [5.41, 5.74) is 0.866. The van der Waals surface area contributed by atoms with E-state index in [1.54, 1.807) is 13.4 Å². The number of ether oxygens (including phenoxy) is 2. The van der Waals surface area contributed by atoms with Crippen LogP contribution in [0.25, 0.3) is 11.0 Å². The lowest BCUT2D eigenvalue weighted by Gasteiger charge is -2.03. The van der Waals surface area contributed by atoms with Gasteiger partial charge in [0.2, 0.25) is 0 Å². The van der Waals surface area contributed by atoms with Gasteiger partial charge in [-0.15, -0.1) is 0 Å². The van der Waals surface area contributed by atoms with E-state index in [1.807, 2.05) is 24.3 Å². The van der Waals surface area contributed by atoms with Crippen LogP contribution in [0.1, 0.15) is 0 Å². The van der Waals surface area contributed by atoms with Gasteiger partial charge in [-0.25, -0.2) is 0 Å². The molecule has 0 unspecified atom stereocenters. The molecule has 2 aromatic rings. The maximum absolute atomic E-state index is 5.27. The molecule has 1 heterocycles. The summed E-state index contributed by atoms with van der Waals surface area (Å²) in [6.07, 6.45) is 1.66. The van der Waals surface area contributed by atoms with E-state index < -0.39 is 0 Å². The van der Waals surface area contributed by atoms with E-state index in [0.29, 0.717) is 0 Å². The molecule has 0 fully saturated rings. The first-order valence-corrected chi connectivity index (χ1v) is 3.99. The fourth-order valence-corrected chi connectivity index (χ4v) is 1.16. The van der Waals surface area contributed by atoms with Gasteiger partial charge in [-0.2, -0.15) is 0 Å². The van der Waals surface area contributed by atoms with Crippen LogP contribution in [0.5, 0.6) is 5.75 Å². The minimum atomic E-state index is 0.267. The molecule has 0 aliphatic rings. The predicted molar refractivity (Wildman–Crippen MR) is 48.7 cm³/mol. The molecular weight excluding hydrogens is 168 g/mol. The zero-order valence-corrected chi connectivity index (χ0v) is 7.32. The van der Waals surface area contributed by atoms with Crippen LogP contribution in [0.4, 0.5) is 0 Å². The fraction of sp³-hybridized carbons (Fsp3) is 0.200. The summed E-state index contributed by atoms with van der Waals surface area (Å²) in [6.45, 7) is 0.267. The molecule has 1 aromatic heterocycles. The molecule has 0 bridgehead atoms. The first-order chi connectivity index (χ1) is 6.40. The van der Waals surface area contributed by atoms with Crippen molar-refractivity contribution in [1.82, 2.24) is 0 Å². The second kappa shape index (κ2) is 3.49. The Labute approximate surface area is 75.9 Å². The highest BCUT2D eigenvalue weighted by atomic mass is 16.7. The van der Waals surface area contributed by atoms with Crippen LogP contribution in [-0.2, 0) is 4.74 Å². The predicted octanol–water partition coefficient (Wildman–Crippen LogP) is 2.42. The number of hydrogen-bond donors (Lipinski definition) is 0. The Bertz CT molecular complexity index is 392. The van der Waals surface area contributed by atoms with Crippen LogP contribution < -0.4 is 4.74 Å². The average molecular weight is 178 g/mol. The summed E-state index contributed by atoms with van der Waals surface area (Å²) < 4.78 is 15.3. The van der Waals surface area contributed by atoms with Crippen molar-refractivity contribution < 1.29 is 13.9 Å². The maximum Gasteiger partial charge on any atom is 0.188 e. The third-order valence-electron chi connectivity index (χ3n) is 1.77. The largest absolute Gasteiger partial charge is 0.468 e. The van der Waals surface area contributed by atoms with Gasteiger partial charge in [0.05, 0.1) is 6.26 Å². The van der Waals surface area contributed by atoms with E-state index in [4.69, 9.17) is 13.9 Å². The van der Waals surface area contributed by atoms with Gasteiger partial charge in [0.15, 0.2) is 6.79 Å². The molecule has 0 aliphatic heterocycles. The molecule has 3 nitrogen and oxygen atoms in total. The molecule has 0 atom stereocenters. The highest BCUT2D eigenvalue weighted by Crippen LogP contribution is 2.21. The first-order valence-electron chi connectivity index (χ1n) is 3.99. The fourth-order valence-electron chi connectivity index (χ4n) is 1.16. The van der Waals surface area contributed by atoms with E-state index in [0.717, 1.165) is 16.7 Å². The summed E-state index contributed by atoms with van der Waals surface area (Å²) in [4.78, 5) is 0. The molecule has 0 saturated heterocycles. The molecular formula is C10H10O3. The molecule has 1 aromatic carbocycles. The van der Waals surface area contributed by atoms with Gasteiger partial charge in [0.25, 0.3) is 0 Å². The average Bonchev–Trinajstić information content (AvgIpc) is 2.61. The topological polar surface area (TPSA) is 31.6 Å². The molecule has 0 radical (unpaired) electrons.